The fraction of sp³-hybridized carbons (Fsp3) is 0.267. The predicted octanol–water partition coefficient (Wildman–Crippen LogP) is 0.750. The van der Waals surface area contributed by atoms with Gasteiger partial charge in [0.2, 0.25) is 0 Å². The monoisotopic (exact) mass is 312 g/mol. The van der Waals surface area contributed by atoms with E-state index in [4.69, 9.17) is 0 Å². The van der Waals surface area contributed by atoms with Crippen LogP contribution in [-0.4, -0.2) is 44.1 Å². The molecule has 3 heterocycles. The SMILES string of the molecule is CN1CCn2nc(NCc3ccc4[nH]c(=O)[nH]c4c3)cc2C1=O. The number of aromatic amines is 2. The summed E-state index contributed by atoms with van der Waals surface area (Å²) in [6.07, 6.45) is 0. The van der Waals surface area contributed by atoms with E-state index in [1.54, 1.807) is 22.7 Å². The molecule has 0 unspecified atom stereocenters. The van der Waals surface area contributed by atoms with Crippen molar-refractivity contribution >= 4 is 22.8 Å². The third-order valence-electron chi connectivity index (χ3n) is 4.05. The second kappa shape index (κ2) is 5.01. The van der Waals surface area contributed by atoms with Gasteiger partial charge in [-0.05, 0) is 17.7 Å². The Morgan fingerprint density at radius 3 is 2.87 bits per heavy atom. The minimum Gasteiger partial charge on any atom is -0.365 e. The van der Waals surface area contributed by atoms with Gasteiger partial charge in [-0.3, -0.25) is 9.48 Å². The van der Waals surface area contributed by atoms with Crippen molar-refractivity contribution in [2.75, 3.05) is 18.9 Å². The maximum Gasteiger partial charge on any atom is 0.323 e. The fourth-order valence-electron chi connectivity index (χ4n) is 2.77. The molecule has 23 heavy (non-hydrogen) atoms. The highest BCUT2D eigenvalue weighted by Crippen LogP contribution is 2.17. The predicted molar refractivity (Wildman–Crippen MR) is 85.4 cm³/mol. The van der Waals surface area contributed by atoms with Crippen LogP contribution in [0.15, 0.2) is 29.1 Å². The van der Waals surface area contributed by atoms with Gasteiger partial charge in [-0.1, -0.05) is 6.07 Å². The van der Waals surface area contributed by atoms with E-state index in [1.165, 1.54) is 0 Å². The highest BCUT2D eigenvalue weighted by molar-refractivity contribution is 5.93. The van der Waals surface area contributed by atoms with E-state index in [9.17, 15) is 9.59 Å². The molecule has 1 amide bonds. The van der Waals surface area contributed by atoms with Crippen molar-refractivity contribution in [3.05, 3.63) is 46.0 Å². The Morgan fingerprint density at radius 1 is 1.17 bits per heavy atom. The first-order valence-corrected chi connectivity index (χ1v) is 7.38. The molecule has 8 nitrogen and oxygen atoms in total. The van der Waals surface area contributed by atoms with Crippen LogP contribution in [0.4, 0.5) is 5.82 Å². The summed E-state index contributed by atoms with van der Waals surface area (Å²) in [6.45, 7) is 1.93. The molecule has 0 aliphatic carbocycles. The van der Waals surface area contributed by atoms with Crippen LogP contribution in [0.2, 0.25) is 0 Å². The van der Waals surface area contributed by atoms with Gasteiger partial charge in [-0.2, -0.15) is 5.10 Å². The summed E-state index contributed by atoms with van der Waals surface area (Å²) in [7, 11) is 1.79. The molecule has 0 atom stereocenters. The van der Waals surface area contributed by atoms with Crippen LogP contribution >= 0.6 is 0 Å². The van der Waals surface area contributed by atoms with Crippen LogP contribution in [0, 0.1) is 0 Å². The van der Waals surface area contributed by atoms with Gasteiger partial charge in [-0.25, -0.2) is 4.79 Å². The van der Waals surface area contributed by atoms with Gasteiger partial charge in [0.15, 0.2) is 0 Å². The summed E-state index contributed by atoms with van der Waals surface area (Å²) in [5.41, 5.74) is 2.96. The van der Waals surface area contributed by atoms with Crippen molar-refractivity contribution < 1.29 is 4.79 Å². The van der Waals surface area contributed by atoms with E-state index in [-0.39, 0.29) is 11.6 Å². The third kappa shape index (κ3) is 2.37. The Balaban J connectivity index is 1.53. The summed E-state index contributed by atoms with van der Waals surface area (Å²) >= 11 is 0. The fourth-order valence-corrected chi connectivity index (χ4v) is 2.77. The van der Waals surface area contributed by atoms with E-state index in [2.05, 4.69) is 20.4 Å². The summed E-state index contributed by atoms with van der Waals surface area (Å²) in [5, 5.41) is 7.63. The molecule has 4 rings (SSSR count). The van der Waals surface area contributed by atoms with Gasteiger partial charge in [0.25, 0.3) is 5.91 Å². The minimum absolute atomic E-state index is 0.0110. The summed E-state index contributed by atoms with van der Waals surface area (Å²) in [6, 6.07) is 7.48. The van der Waals surface area contributed by atoms with Crippen LogP contribution < -0.4 is 11.0 Å². The molecule has 118 valence electrons. The number of hydrogen-bond acceptors (Lipinski definition) is 4. The number of anilines is 1. The number of imidazole rings is 1. The molecule has 0 bridgehead atoms. The number of nitrogens with one attached hydrogen (secondary N) is 3. The van der Waals surface area contributed by atoms with Crippen molar-refractivity contribution in [2.24, 2.45) is 0 Å². The van der Waals surface area contributed by atoms with Gasteiger partial charge in [0.1, 0.15) is 11.5 Å². The first-order chi connectivity index (χ1) is 11.1. The number of rotatable bonds is 3. The third-order valence-corrected chi connectivity index (χ3v) is 4.05. The zero-order valence-electron chi connectivity index (χ0n) is 12.6. The zero-order chi connectivity index (χ0) is 16.0. The van der Waals surface area contributed by atoms with E-state index in [0.717, 1.165) is 16.6 Å². The minimum atomic E-state index is -0.213. The van der Waals surface area contributed by atoms with Crippen molar-refractivity contribution in [2.45, 2.75) is 13.1 Å². The Morgan fingerprint density at radius 2 is 2.00 bits per heavy atom. The maximum atomic E-state index is 12.1. The lowest BCUT2D eigenvalue weighted by atomic mass is 10.2. The van der Waals surface area contributed by atoms with Crippen LogP contribution in [0.25, 0.3) is 11.0 Å². The molecule has 0 saturated carbocycles. The number of carbonyl (C=O) groups is 1. The maximum absolute atomic E-state index is 12.1. The van der Waals surface area contributed by atoms with Crippen molar-refractivity contribution in [3.8, 4) is 0 Å². The van der Waals surface area contributed by atoms with Gasteiger partial charge < -0.3 is 20.2 Å². The van der Waals surface area contributed by atoms with Crippen molar-refractivity contribution in [1.82, 2.24) is 24.6 Å². The Hall–Kier alpha value is -3.03. The lowest BCUT2D eigenvalue weighted by Gasteiger charge is -2.22. The van der Waals surface area contributed by atoms with Gasteiger partial charge in [0.05, 0.1) is 17.6 Å². The number of carbonyl (C=O) groups excluding carboxylic acids is 1. The average Bonchev–Trinajstić information content (AvgIpc) is 3.11. The Labute approximate surface area is 131 Å². The highest BCUT2D eigenvalue weighted by atomic mass is 16.2. The van der Waals surface area contributed by atoms with E-state index in [0.29, 0.717) is 31.1 Å². The quantitative estimate of drug-likeness (QED) is 0.664. The molecule has 3 N–H and O–H groups in total. The molecule has 3 aromatic rings. The smallest absolute Gasteiger partial charge is 0.323 e. The number of likely N-dealkylation sites (N-methyl/N-ethyl adjacent to an activating group) is 1. The largest absolute Gasteiger partial charge is 0.365 e. The van der Waals surface area contributed by atoms with Crippen molar-refractivity contribution in [3.63, 3.8) is 0 Å². The molecule has 8 heteroatoms. The lowest BCUT2D eigenvalue weighted by Crippen LogP contribution is -2.37. The number of H-pyrrole nitrogens is 2. The van der Waals surface area contributed by atoms with Crippen molar-refractivity contribution in [1.29, 1.82) is 0 Å². The normalized spacial score (nSPS) is 14.3. The van der Waals surface area contributed by atoms with E-state index >= 15 is 0 Å². The van der Waals surface area contributed by atoms with Gasteiger partial charge in [-0.15, -0.1) is 0 Å². The molecule has 2 aromatic heterocycles. The molecular weight excluding hydrogens is 296 g/mol. The molecule has 0 radical (unpaired) electrons. The lowest BCUT2D eigenvalue weighted by molar-refractivity contribution is 0.0743. The number of fused-ring (bicyclic) bond motifs is 2. The molecule has 0 spiro atoms. The summed E-state index contributed by atoms with van der Waals surface area (Å²) in [4.78, 5) is 30.5. The topological polar surface area (TPSA) is 98.8 Å². The van der Waals surface area contributed by atoms with Crippen LogP contribution in [0.5, 0.6) is 0 Å². The number of hydrogen-bond donors (Lipinski definition) is 3. The van der Waals surface area contributed by atoms with Gasteiger partial charge >= 0.3 is 5.69 Å². The molecule has 1 aliphatic rings. The first-order valence-electron chi connectivity index (χ1n) is 7.38. The molecular formula is C15H16N6O2. The van der Waals surface area contributed by atoms with Crippen LogP contribution in [0.1, 0.15) is 16.1 Å². The summed E-state index contributed by atoms with van der Waals surface area (Å²) in [5.74, 6) is 0.662. The first kappa shape index (κ1) is 13.6. The highest BCUT2D eigenvalue weighted by Gasteiger charge is 2.23. The second-order valence-electron chi connectivity index (χ2n) is 5.68. The molecule has 1 aromatic carbocycles. The number of aromatic nitrogens is 4. The van der Waals surface area contributed by atoms with Crippen LogP contribution in [0.3, 0.4) is 0 Å². The summed E-state index contributed by atoms with van der Waals surface area (Å²) < 4.78 is 1.73. The van der Waals surface area contributed by atoms with E-state index in [1.807, 2.05) is 18.2 Å². The number of nitrogens with zero attached hydrogens (tertiary/aromatic N) is 3. The average molecular weight is 312 g/mol. The van der Waals surface area contributed by atoms with E-state index < -0.39 is 0 Å². The molecule has 1 aliphatic heterocycles. The molecule has 0 fully saturated rings. The molecule has 0 saturated heterocycles. The Bertz CT molecular complexity index is 950. The second-order valence-corrected chi connectivity index (χ2v) is 5.68. The van der Waals surface area contributed by atoms with Gasteiger partial charge in [0, 0.05) is 26.2 Å². The zero-order valence-corrected chi connectivity index (χ0v) is 12.6. The number of benzene rings is 1. The Kier molecular flexibility index (Phi) is 2.97. The van der Waals surface area contributed by atoms with Crippen LogP contribution in [-0.2, 0) is 13.1 Å². The number of amides is 1. The standard InChI is InChI=1S/C15H16N6O2/c1-20-4-5-21-12(14(20)22)7-13(19-21)16-8-9-2-3-10-11(6-9)18-15(23)17-10/h2-3,6-7H,4-5,8H2,1H3,(H,16,19)(H2,17,18,23).